The molecule has 0 aliphatic heterocycles. The van der Waals surface area contributed by atoms with E-state index in [2.05, 4.69) is 42.1 Å². The van der Waals surface area contributed by atoms with Gasteiger partial charge in [0.2, 0.25) is 11.9 Å². The number of nitrogens with two attached hydrogens (primary N) is 1. The third kappa shape index (κ3) is 3.86. The summed E-state index contributed by atoms with van der Waals surface area (Å²) in [5.74, 6) is 0.662. The lowest BCUT2D eigenvalue weighted by atomic mass is 10.1. The molecule has 0 saturated heterocycles. The van der Waals surface area contributed by atoms with Crippen LogP contribution in [0.2, 0.25) is 0 Å². The molecule has 2 aromatic carbocycles. The Morgan fingerprint density at radius 1 is 1.03 bits per heavy atom. The number of hydrogen-bond donors (Lipinski definition) is 2. The Bertz CT molecular complexity index is 1420. The number of anilines is 3. The molecule has 9 nitrogen and oxygen atoms in total. The molecule has 3 heterocycles. The zero-order valence-corrected chi connectivity index (χ0v) is 17.1. The Hall–Kier alpha value is -4.66. The van der Waals surface area contributed by atoms with E-state index >= 15 is 0 Å². The number of nitrogens with one attached hydrogen (secondary N) is 1. The van der Waals surface area contributed by atoms with Crippen LogP contribution in [0, 0.1) is 0 Å². The largest absolute Gasteiger partial charge is 0.368 e. The first-order valence-corrected chi connectivity index (χ1v) is 9.94. The molecule has 0 unspecified atom stereocenters. The molecule has 0 saturated carbocycles. The molecule has 156 valence electrons. The van der Waals surface area contributed by atoms with Gasteiger partial charge in [0.15, 0.2) is 11.2 Å². The van der Waals surface area contributed by atoms with Crippen LogP contribution in [0.3, 0.4) is 0 Å². The maximum atomic E-state index is 5.71. The van der Waals surface area contributed by atoms with Crippen LogP contribution in [-0.2, 0) is 6.42 Å². The second-order valence-corrected chi connectivity index (χ2v) is 7.07. The quantitative estimate of drug-likeness (QED) is 0.398. The third-order valence-corrected chi connectivity index (χ3v) is 4.82. The summed E-state index contributed by atoms with van der Waals surface area (Å²) in [5.41, 5.74) is 11.4. The molecule has 0 atom stereocenters. The monoisotopic (exact) mass is 421 g/mol. The highest BCUT2D eigenvalue weighted by Gasteiger charge is 2.11. The number of allylic oxidation sites excluding steroid dienone is 1. The molecule has 5 rings (SSSR count). The van der Waals surface area contributed by atoms with Gasteiger partial charge in [-0.15, -0.1) is 11.7 Å². The van der Waals surface area contributed by atoms with Gasteiger partial charge < -0.3 is 11.1 Å². The summed E-state index contributed by atoms with van der Waals surface area (Å²) in [6.45, 7) is 3.80. The second kappa shape index (κ2) is 8.23. The number of nitrogens with zero attached hydrogens (tertiary/aromatic N) is 7. The Balaban J connectivity index is 1.47. The van der Waals surface area contributed by atoms with Gasteiger partial charge in [-0.1, -0.05) is 35.6 Å². The van der Waals surface area contributed by atoms with Crippen LogP contribution in [0.25, 0.3) is 28.1 Å². The van der Waals surface area contributed by atoms with Gasteiger partial charge in [-0.25, -0.2) is 15.0 Å². The van der Waals surface area contributed by atoms with Crippen molar-refractivity contribution in [2.24, 2.45) is 0 Å². The van der Waals surface area contributed by atoms with E-state index < -0.39 is 0 Å². The average Bonchev–Trinajstić information content (AvgIpc) is 3.23. The standard InChI is InChI=1S/C23H19N9/c1-2-5-15-6-3-9-18(12-15)32-21-20(30-31-32)14-26-23(29-21)27-17-8-4-7-16(13-17)19-10-11-25-22(24)28-19/h2-4,6-14H,1,5H2,(H2,24,25,28)(H,26,27,29). The van der Waals surface area contributed by atoms with Gasteiger partial charge in [0.25, 0.3) is 0 Å². The highest BCUT2D eigenvalue weighted by Crippen LogP contribution is 2.23. The van der Waals surface area contributed by atoms with Gasteiger partial charge in [-0.2, -0.15) is 9.67 Å². The predicted octanol–water partition coefficient (Wildman–Crippen LogP) is 3.72. The van der Waals surface area contributed by atoms with Crippen molar-refractivity contribution in [1.29, 1.82) is 0 Å². The molecule has 32 heavy (non-hydrogen) atoms. The summed E-state index contributed by atoms with van der Waals surface area (Å²) in [7, 11) is 0. The normalized spacial score (nSPS) is 10.9. The summed E-state index contributed by atoms with van der Waals surface area (Å²) < 4.78 is 1.70. The first kappa shape index (κ1) is 19.3. The Kier molecular flexibility index (Phi) is 4.97. The molecular weight excluding hydrogens is 402 g/mol. The minimum absolute atomic E-state index is 0.229. The van der Waals surface area contributed by atoms with E-state index in [0.29, 0.717) is 17.1 Å². The molecule has 0 bridgehead atoms. The van der Waals surface area contributed by atoms with Gasteiger partial charge in [0.1, 0.15) is 0 Å². The first-order chi connectivity index (χ1) is 15.7. The molecule has 5 aromatic rings. The molecule has 0 spiro atoms. The first-order valence-electron chi connectivity index (χ1n) is 9.94. The lowest BCUT2D eigenvalue weighted by Gasteiger charge is -2.08. The second-order valence-electron chi connectivity index (χ2n) is 7.07. The van der Waals surface area contributed by atoms with E-state index in [1.807, 2.05) is 60.7 Å². The van der Waals surface area contributed by atoms with E-state index in [0.717, 1.165) is 34.6 Å². The van der Waals surface area contributed by atoms with Crippen molar-refractivity contribution in [2.75, 3.05) is 11.1 Å². The highest BCUT2D eigenvalue weighted by molar-refractivity contribution is 5.73. The maximum absolute atomic E-state index is 5.71. The number of rotatable bonds is 6. The molecule has 0 radical (unpaired) electrons. The van der Waals surface area contributed by atoms with E-state index in [9.17, 15) is 0 Å². The van der Waals surface area contributed by atoms with Crippen LogP contribution in [-0.4, -0.2) is 34.9 Å². The van der Waals surface area contributed by atoms with Gasteiger partial charge in [0.05, 0.1) is 17.6 Å². The molecule has 0 amide bonds. The van der Waals surface area contributed by atoms with E-state index in [1.165, 1.54) is 0 Å². The smallest absolute Gasteiger partial charge is 0.229 e. The summed E-state index contributed by atoms with van der Waals surface area (Å²) in [4.78, 5) is 17.2. The van der Waals surface area contributed by atoms with E-state index in [4.69, 9.17) is 5.73 Å². The zero-order chi connectivity index (χ0) is 21.9. The van der Waals surface area contributed by atoms with E-state index in [1.54, 1.807) is 17.1 Å². The van der Waals surface area contributed by atoms with Crippen molar-refractivity contribution in [3.8, 4) is 16.9 Å². The van der Waals surface area contributed by atoms with Gasteiger partial charge in [-0.05, 0) is 42.3 Å². The van der Waals surface area contributed by atoms with Crippen molar-refractivity contribution < 1.29 is 0 Å². The van der Waals surface area contributed by atoms with Gasteiger partial charge in [-0.3, -0.25) is 0 Å². The molecule has 9 heteroatoms. The molecular formula is C23H19N9. The lowest BCUT2D eigenvalue weighted by molar-refractivity contribution is 0.816. The summed E-state index contributed by atoms with van der Waals surface area (Å²) in [6.07, 6.45) is 5.92. The molecule has 0 aliphatic rings. The molecule has 0 aliphatic carbocycles. The van der Waals surface area contributed by atoms with Crippen LogP contribution in [0.15, 0.2) is 79.6 Å². The molecule has 3 aromatic heterocycles. The van der Waals surface area contributed by atoms with Crippen LogP contribution in [0.4, 0.5) is 17.6 Å². The summed E-state index contributed by atoms with van der Waals surface area (Å²) >= 11 is 0. The van der Waals surface area contributed by atoms with E-state index in [-0.39, 0.29) is 5.95 Å². The van der Waals surface area contributed by atoms with Crippen molar-refractivity contribution in [3.63, 3.8) is 0 Å². The van der Waals surface area contributed by atoms with Crippen LogP contribution in [0.5, 0.6) is 0 Å². The van der Waals surface area contributed by atoms with Crippen molar-refractivity contribution in [3.05, 3.63) is 85.2 Å². The summed E-state index contributed by atoms with van der Waals surface area (Å²) in [5, 5.41) is 11.7. The number of aromatic nitrogens is 7. The zero-order valence-electron chi connectivity index (χ0n) is 17.1. The van der Waals surface area contributed by atoms with Gasteiger partial charge >= 0.3 is 0 Å². The summed E-state index contributed by atoms with van der Waals surface area (Å²) in [6, 6.07) is 17.6. The third-order valence-electron chi connectivity index (χ3n) is 4.82. The topological polar surface area (TPSA) is 120 Å². The highest BCUT2D eigenvalue weighted by atomic mass is 15.4. The fourth-order valence-corrected chi connectivity index (χ4v) is 3.36. The number of nitrogen functional groups attached to an aromatic ring is 1. The van der Waals surface area contributed by atoms with Crippen LogP contribution in [0.1, 0.15) is 5.56 Å². The predicted molar refractivity (Wildman–Crippen MR) is 124 cm³/mol. The molecule has 3 N–H and O–H groups in total. The molecule has 0 fully saturated rings. The maximum Gasteiger partial charge on any atom is 0.229 e. The van der Waals surface area contributed by atoms with Crippen molar-refractivity contribution in [1.82, 2.24) is 34.9 Å². The van der Waals surface area contributed by atoms with Gasteiger partial charge in [0, 0.05) is 17.4 Å². The Morgan fingerprint density at radius 2 is 1.94 bits per heavy atom. The SMILES string of the molecule is C=CCc1cccc(-n2nnc3cnc(Nc4cccc(-c5ccnc(N)n5)c4)nc32)c1. The van der Waals surface area contributed by atoms with Crippen molar-refractivity contribution in [2.45, 2.75) is 6.42 Å². The Morgan fingerprint density at radius 3 is 2.81 bits per heavy atom. The fourth-order valence-electron chi connectivity index (χ4n) is 3.36. The van der Waals surface area contributed by atoms with Crippen LogP contribution >= 0.6 is 0 Å². The van der Waals surface area contributed by atoms with Crippen LogP contribution < -0.4 is 11.1 Å². The number of fused-ring (bicyclic) bond motifs is 1. The minimum Gasteiger partial charge on any atom is -0.368 e. The Labute approximate surface area is 183 Å². The lowest BCUT2D eigenvalue weighted by Crippen LogP contribution is -2.02. The number of benzene rings is 2. The minimum atomic E-state index is 0.229. The fraction of sp³-hybridized carbons (Fsp3) is 0.0435. The number of hydrogen-bond acceptors (Lipinski definition) is 8. The van der Waals surface area contributed by atoms with Crippen molar-refractivity contribution >= 4 is 28.7 Å². The average molecular weight is 421 g/mol.